The predicted octanol–water partition coefficient (Wildman–Crippen LogP) is 4.05. The molecule has 2 heterocycles. The topological polar surface area (TPSA) is 87.7 Å². The van der Waals surface area contributed by atoms with Gasteiger partial charge in [0, 0.05) is 11.1 Å². The number of aryl methyl sites for hydroxylation is 2. The van der Waals surface area contributed by atoms with E-state index in [0.29, 0.717) is 16.8 Å². The number of aromatic amines is 1. The smallest absolute Gasteiger partial charge is 0.244 e. The van der Waals surface area contributed by atoms with Crippen molar-refractivity contribution in [2.24, 2.45) is 5.73 Å². The minimum atomic E-state index is -0.700. The first-order valence-electron chi connectivity index (χ1n) is 8.49. The Labute approximate surface area is 155 Å². The summed E-state index contributed by atoms with van der Waals surface area (Å²) in [7, 11) is 0. The van der Waals surface area contributed by atoms with Crippen LogP contribution >= 0.6 is 0 Å². The van der Waals surface area contributed by atoms with Gasteiger partial charge in [-0.2, -0.15) is 5.26 Å². The summed E-state index contributed by atoms with van der Waals surface area (Å²) in [5.41, 5.74) is 10.8. The first-order valence-corrected chi connectivity index (χ1v) is 8.49. The third-order valence-electron chi connectivity index (χ3n) is 4.81. The highest BCUT2D eigenvalue weighted by Crippen LogP contribution is 2.46. The van der Waals surface area contributed by atoms with Crippen LogP contribution in [0.25, 0.3) is 11.3 Å². The molecule has 0 fully saturated rings. The molecule has 6 heteroatoms. The lowest BCUT2D eigenvalue weighted by atomic mass is 9.82. The Hall–Kier alpha value is -3.59. The van der Waals surface area contributed by atoms with Crippen LogP contribution in [0.1, 0.15) is 28.2 Å². The number of hydrogen-bond donors (Lipinski definition) is 2. The number of ether oxygens (including phenoxy) is 1. The van der Waals surface area contributed by atoms with Gasteiger partial charge in [-0.25, -0.2) is 4.39 Å². The van der Waals surface area contributed by atoms with Crippen molar-refractivity contribution < 1.29 is 9.13 Å². The molecule has 3 N–H and O–H groups in total. The summed E-state index contributed by atoms with van der Waals surface area (Å²) < 4.78 is 20.2. The number of hydrogen-bond acceptors (Lipinski definition) is 4. The Morgan fingerprint density at radius 2 is 2.00 bits per heavy atom. The summed E-state index contributed by atoms with van der Waals surface area (Å²) in [5, 5.41) is 16.9. The predicted molar refractivity (Wildman–Crippen MR) is 99.2 cm³/mol. The maximum Gasteiger partial charge on any atom is 0.244 e. The van der Waals surface area contributed by atoms with Gasteiger partial charge in [-0.05, 0) is 25.5 Å². The molecule has 2 aromatic carbocycles. The second-order valence-electron chi connectivity index (χ2n) is 6.58. The molecule has 134 valence electrons. The van der Waals surface area contributed by atoms with E-state index in [-0.39, 0.29) is 17.3 Å². The lowest BCUT2D eigenvalue weighted by molar-refractivity contribution is 0.378. The summed E-state index contributed by atoms with van der Waals surface area (Å²) in [6.07, 6.45) is 0. The summed E-state index contributed by atoms with van der Waals surface area (Å²) in [6, 6.07) is 14.5. The molecule has 1 atom stereocenters. The number of rotatable bonds is 2. The molecule has 0 unspecified atom stereocenters. The SMILES string of the molecule is Cc1ccc(-c2[nH]nc3c2[C@H](c2ccccc2F)C(C#N)=C(N)O3)c(C)c1. The minimum Gasteiger partial charge on any atom is -0.420 e. The van der Waals surface area contributed by atoms with Gasteiger partial charge in [-0.1, -0.05) is 42.0 Å². The van der Waals surface area contributed by atoms with Gasteiger partial charge in [0.15, 0.2) is 0 Å². The zero-order valence-electron chi connectivity index (χ0n) is 14.9. The van der Waals surface area contributed by atoms with Gasteiger partial charge >= 0.3 is 0 Å². The van der Waals surface area contributed by atoms with Gasteiger partial charge < -0.3 is 10.5 Å². The molecule has 4 rings (SSSR count). The molecule has 0 bridgehead atoms. The number of nitriles is 1. The monoisotopic (exact) mass is 360 g/mol. The zero-order valence-corrected chi connectivity index (χ0v) is 14.9. The second kappa shape index (κ2) is 6.29. The number of benzene rings is 2. The molecule has 0 aliphatic carbocycles. The zero-order chi connectivity index (χ0) is 19.1. The van der Waals surface area contributed by atoms with Crippen LogP contribution in [0, 0.1) is 31.0 Å². The lowest BCUT2D eigenvalue weighted by Gasteiger charge is -2.24. The van der Waals surface area contributed by atoms with E-state index in [1.165, 1.54) is 6.07 Å². The highest BCUT2D eigenvalue weighted by Gasteiger charge is 2.37. The molecule has 0 spiro atoms. The molecule has 3 aromatic rings. The van der Waals surface area contributed by atoms with Gasteiger partial charge in [-0.15, -0.1) is 5.10 Å². The van der Waals surface area contributed by atoms with Gasteiger partial charge in [0.2, 0.25) is 11.8 Å². The van der Waals surface area contributed by atoms with Crippen molar-refractivity contribution in [1.29, 1.82) is 5.26 Å². The van der Waals surface area contributed by atoms with Crippen molar-refractivity contribution in [2.75, 3.05) is 0 Å². The van der Waals surface area contributed by atoms with Crippen LogP contribution in [0.2, 0.25) is 0 Å². The Morgan fingerprint density at radius 3 is 2.70 bits per heavy atom. The average molecular weight is 360 g/mol. The number of H-pyrrole nitrogens is 1. The van der Waals surface area contributed by atoms with Crippen LogP contribution in [-0.4, -0.2) is 10.2 Å². The van der Waals surface area contributed by atoms with Gasteiger partial charge in [0.05, 0.1) is 17.2 Å². The molecule has 0 saturated carbocycles. The molecule has 0 amide bonds. The lowest BCUT2D eigenvalue weighted by Crippen LogP contribution is -2.21. The van der Waals surface area contributed by atoms with E-state index in [2.05, 4.69) is 22.3 Å². The first-order chi connectivity index (χ1) is 13.0. The standard InChI is InChI=1S/C21H17FN4O/c1-11-7-8-13(12(2)9-11)19-18-17(14-5-3-4-6-16(14)22)15(10-23)20(24)27-21(18)26-25-19/h3-9,17H,24H2,1-2H3,(H,25,26)/t17-/m1/s1. The highest BCUT2D eigenvalue weighted by molar-refractivity contribution is 5.73. The number of nitrogens with one attached hydrogen (secondary N) is 1. The van der Waals surface area contributed by atoms with E-state index in [1.54, 1.807) is 18.2 Å². The van der Waals surface area contributed by atoms with Crippen molar-refractivity contribution in [1.82, 2.24) is 10.2 Å². The Morgan fingerprint density at radius 1 is 1.22 bits per heavy atom. The van der Waals surface area contributed by atoms with E-state index >= 15 is 0 Å². The molecule has 0 radical (unpaired) electrons. The third kappa shape index (κ3) is 2.64. The molecule has 5 nitrogen and oxygen atoms in total. The molecule has 27 heavy (non-hydrogen) atoms. The van der Waals surface area contributed by atoms with Crippen LogP contribution < -0.4 is 10.5 Å². The van der Waals surface area contributed by atoms with E-state index in [4.69, 9.17) is 10.5 Å². The molecule has 1 aliphatic rings. The number of allylic oxidation sites excluding steroid dienone is 1. The van der Waals surface area contributed by atoms with Crippen molar-refractivity contribution in [3.63, 3.8) is 0 Å². The number of aromatic nitrogens is 2. The number of halogens is 1. The van der Waals surface area contributed by atoms with E-state index in [9.17, 15) is 9.65 Å². The first kappa shape index (κ1) is 16.9. The van der Waals surface area contributed by atoms with Crippen molar-refractivity contribution in [3.8, 4) is 23.2 Å². The minimum absolute atomic E-state index is 0.0584. The fourth-order valence-electron chi connectivity index (χ4n) is 3.56. The maximum atomic E-state index is 14.6. The van der Waals surface area contributed by atoms with Crippen LogP contribution in [0.15, 0.2) is 53.9 Å². The van der Waals surface area contributed by atoms with Gasteiger partial charge in [-0.3, -0.25) is 5.10 Å². The normalized spacial score (nSPS) is 15.9. The van der Waals surface area contributed by atoms with Crippen molar-refractivity contribution >= 4 is 0 Å². The van der Waals surface area contributed by atoms with Crippen molar-refractivity contribution in [3.05, 3.63) is 82.0 Å². The second-order valence-corrected chi connectivity index (χ2v) is 6.58. The van der Waals surface area contributed by atoms with Gasteiger partial charge in [0.1, 0.15) is 17.5 Å². The fraction of sp³-hybridized carbons (Fsp3) is 0.143. The van der Waals surface area contributed by atoms with Crippen LogP contribution in [0.4, 0.5) is 4.39 Å². The fourth-order valence-corrected chi connectivity index (χ4v) is 3.56. The Balaban J connectivity index is 2.00. The third-order valence-corrected chi connectivity index (χ3v) is 4.81. The van der Waals surface area contributed by atoms with Crippen LogP contribution in [0.5, 0.6) is 5.88 Å². The molecule has 0 saturated heterocycles. The largest absolute Gasteiger partial charge is 0.420 e. The van der Waals surface area contributed by atoms with Crippen LogP contribution in [0.3, 0.4) is 0 Å². The highest BCUT2D eigenvalue weighted by atomic mass is 19.1. The van der Waals surface area contributed by atoms with Gasteiger partial charge in [0.25, 0.3) is 0 Å². The van der Waals surface area contributed by atoms with Crippen molar-refractivity contribution in [2.45, 2.75) is 19.8 Å². The summed E-state index contributed by atoms with van der Waals surface area (Å²) >= 11 is 0. The number of nitrogens with zero attached hydrogens (tertiary/aromatic N) is 2. The quantitative estimate of drug-likeness (QED) is 0.722. The molecule has 1 aliphatic heterocycles. The summed E-state index contributed by atoms with van der Waals surface area (Å²) in [6.45, 7) is 4.01. The summed E-state index contributed by atoms with van der Waals surface area (Å²) in [5.74, 6) is -0.912. The maximum absolute atomic E-state index is 14.6. The van der Waals surface area contributed by atoms with Crippen LogP contribution in [-0.2, 0) is 0 Å². The molecular formula is C21H17FN4O. The Kier molecular flexibility index (Phi) is 3.93. The van der Waals surface area contributed by atoms with E-state index in [1.807, 2.05) is 26.0 Å². The number of nitrogens with two attached hydrogens (primary N) is 1. The molecular weight excluding hydrogens is 343 g/mol. The molecule has 1 aromatic heterocycles. The Bertz CT molecular complexity index is 1120. The summed E-state index contributed by atoms with van der Waals surface area (Å²) in [4.78, 5) is 0. The number of fused-ring (bicyclic) bond motifs is 1. The average Bonchev–Trinajstić information content (AvgIpc) is 3.04. The van der Waals surface area contributed by atoms with E-state index < -0.39 is 11.7 Å². The van der Waals surface area contributed by atoms with E-state index in [0.717, 1.165) is 16.7 Å².